The molecule has 3 rings (SSSR count). The minimum Gasteiger partial charge on any atom is -0.497 e. The zero-order valence-corrected chi connectivity index (χ0v) is 15.3. The summed E-state index contributed by atoms with van der Waals surface area (Å²) in [7, 11) is 0.181. The fourth-order valence-electron chi connectivity index (χ4n) is 3.01. The average Bonchev–Trinajstić information content (AvgIpc) is 3.16. The van der Waals surface area contributed by atoms with E-state index >= 15 is 0 Å². The van der Waals surface area contributed by atoms with E-state index < -0.39 is 9.84 Å². The highest BCUT2D eigenvalue weighted by Crippen LogP contribution is 2.21. The van der Waals surface area contributed by atoms with Crippen LogP contribution in [-0.2, 0) is 9.84 Å². The first-order chi connectivity index (χ1) is 11.8. The van der Waals surface area contributed by atoms with Crippen LogP contribution in [0.2, 0.25) is 0 Å². The van der Waals surface area contributed by atoms with Crippen LogP contribution in [-0.4, -0.2) is 60.7 Å². The third kappa shape index (κ3) is 3.53. The van der Waals surface area contributed by atoms with Crippen molar-refractivity contribution in [2.45, 2.75) is 19.4 Å². The first kappa shape index (κ1) is 17.5. The molecule has 134 valence electrons. The summed E-state index contributed by atoms with van der Waals surface area (Å²) < 4.78 is 30.2. The molecule has 0 aliphatic carbocycles. The van der Waals surface area contributed by atoms with Crippen molar-refractivity contribution < 1.29 is 17.9 Å². The molecule has 1 fully saturated rings. The third-order valence-electron chi connectivity index (χ3n) is 4.48. The Kier molecular flexibility index (Phi) is 4.55. The van der Waals surface area contributed by atoms with Gasteiger partial charge in [0.25, 0.3) is 5.91 Å². The molecule has 0 radical (unpaired) electrons. The maximum Gasteiger partial charge on any atom is 0.274 e. The lowest BCUT2D eigenvalue weighted by molar-refractivity contribution is 0.0741. The van der Waals surface area contributed by atoms with Crippen molar-refractivity contribution in [3.05, 3.63) is 41.7 Å². The number of sulfone groups is 1. The Bertz CT molecular complexity index is 904. The predicted molar refractivity (Wildman–Crippen MR) is 94.0 cm³/mol. The van der Waals surface area contributed by atoms with Crippen molar-refractivity contribution >= 4 is 15.7 Å². The van der Waals surface area contributed by atoms with E-state index in [4.69, 9.17) is 4.74 Å². The highest BCUT2D eigenvalue weighted by Gasteiger charge is 2.33. The predicted octanol–water partition coefficient (Wildman–Crippen LogP) is 1.45. The summed E-state index contributed by atoms with van der Waals surface area (Å²) in [4.78, 5) is 14.2. The summed E-state index contributed by atoms with van der Waals surface area (Å²) in [6.45, 7) is 1.86. The second kappa shape index (κ2) is 6.51. The molecule has 0 N–H and O–H groups in total. The van der Waals surface area contributed by atoms with Crippen molar-refractivity contribution in [2.75, 3.05) is 25.7 Å². The standard InChI is InChI=1S/C17H21N3O4S/c1-12-9-16(17(21)19(2)14-7-8-25(22,23)11-14)18-20(12)13-5-4-6-15(10-13)24-3/h4-6,9-10,14H,7-8,11H2,1-3H3. The molecule has 2 aromatic rings. The Morgan fingerprint density at radius 3 is 2.76 bits per heavy atom. The Balaban J connectivity index is 1.85. The van der Waals surface area contributed by atoms with Gasteiger partial charge in [0.1, 0.15) is 5.75 Å². The minimum atomic E-state index is -3.04. The molecule has 1 atom stereocenters. The van der Waals surface area contributed by atoms with E-state index in [-0.39, 0.29) is 23.5 Å². The van der Waals surface area contributed by atoms with Gasteiger partial charge in [-0.2, -0.15) is 5.10 Å². The smallest absolute Gasteiger partial charge is 0.274 e. The van der Waals surface area contributed by atoms with E-state index in [1.807, 2.05) is 31.2 Å². The van der Waals surface area contributed by atoms with Gasteiger partial charge in [-0.1, -0.05) is 6.07 Å². The number of aromatic nitrogens is 2. The number of hydrogen-bond acceptors (Lipinski definition) is 5. The van der Waals surface area contributed by atoms with Crippen LogP contribution < -0.4 is 4.74 Å². The molecule has 7 nitrogen and oxygen atoms in total. The van der Waals surface area contributed by atoms with E-state index in [1.165, 1.54) is 4.90 Å². The van der Waals surface area contributed by atoms with Gasteiger partial charge in [-0.3, -0.25) is 4.79 Å². The lowest BCUT2D eigenvalue weighted by Gasteiger charge is -2.22. The summed E-state index contributed by atoms with van der Waals surface area (Å²) in [6.07, 6.45) is 0.472. The van der Waals surface area contributed by atoms with Gasteiger partial charge in [0.15, 0.2) is 15.5 Å². The molecule has 1 saturated heterocycles. The van der Waals surface area contributed by atoms with Gasteiger partial charge in [0.05, 0.1) is 24.3 Å². The van der Waals surface area contributed by atoms with Crippen LogP contribution in [0.25, 0.3) is 5.69 Å². The van der Waals surface area contributed by atoms with Gasteiger partial charge in [0.2, 0.25) is 0 Å². The van der Waals surface area contributed by atoms with Gasteiger partial charge in [-0.15, -0.1) is 0 Å². The van der Waals surface area contributed by atoms with Crippen LogP contribution in [0.15, 0.2) is 30.3 Å². The van der Waals surface area contributed by atoms with E-state index in [0.29, 0.717) is 17.9 Å². The van der Waals surface area contributed by atoms with Crippen molar-refractivity contribution in [3.8, 4) is 11.4 Å². The summed E-state index contributed by atoms with van der Waals surface area (Å²) in [6, 6.07) is 8.82. The number of methoxy groups -OCH3 is 1. The topological polar surface area (TPSA) is 81.5 Å². The SMILES string of the molecule is COc1cccc(-n2nc(C(=O)N(C)C3CCS(=O)(=O)C3)cc2C)c1. The number of carbonyl (C=O) groups is 1. The number of ether oxygens (including phenoxy) is 1. The van der Waals surface area contributed by atoms with Crippen molar-refractivity contribution in [3.63, 3.8) is 0 Å². The monoisotopic (exact) mass is 363 g/mol. The molecular weight excluding hydrogens is 342 g/mol. The maximum atomic E-state index is 12.7. The number of nitrogens with zero attached hydrogens (tertiary/aromatic N) is 3. The molecule has 1 unspecified atom stereocenters. The summed E-state index contributed by atoms with van der Waals surface area (Å²) in [5.74, 6) is 0.581. The molecule has 0 spiro atoms. The molecule has 25 heavy (non-hydrogen) atoms. The molecule has 1 amide bonds. The molecule has 1 aromatic heterocycles. The molecule has 1 aliphatic rings. The second-order valence-electron chi connectivity index (χ2n) is 6.26. The van der Waals surface area contributed by atoms with Crippen LogP contribution in [0.4, 0.5) is 0 Å². The van der Waals surface area contributed by atoms with Crippen LogP contribution in [0.5, 0.6) is 5.75 Å². The number of hydrogen-bond donors (Lipinski definition) is 0. The lowest BCUT2D eigenvalue weighted by atomic mass is 10.2. The molecule has 8 heteroatoms. The Morgan fingerprint density at radius 2 is 2.12 bits per heavy atom. The normalized spacial score (nSPS) is 18.9. The highest BCUT2D eigenvalue weighted by atomic mass is 32.2. The first-order valence-corrected chi connectivity index (χ1v) is 9.81. The molecule has 0 bridgehead atoms. The number of amides is 1. The number of carbonyl (C=O) groups excluding carboxylic acids is 1. The van der Waals surface area contributed by atoms with Gasteiger partial charge < -0.3 is 9.64 Å². The first-order valence-electron chi connectivity index (χ1n) is 7.99. The van der Waals surface area contributed by atoms with Crippen LogP contribution in [0, 0.1) is 6.92 Å². The van der Waals surface area contributed by atoms with Gasteiger partial charge >= 0.3 is 0 Å². The molecule has 1 aromatic carbocycles. The third-order valence-corrected chi connectivity index (χ3v) is 6.23. The van der Waals surface area contributed by atoms with E-state index in [9.17, 15) is 13.2 Å². The molecule has 2 heterocycles. The van der Waals surface area contributed by atoms with Crippen LogP contribution in [0.3, 0.4) is 0 Å². The number of benzene rings is 1. The molecule has 0 saturated carbocycles. The Morgan fingerprint density at radius 1 is 1.36 bits per heavy atom. The summed E-state index contributed by atoms with van der Waals surface area (Å²) >= 11 is 0. The largest absolute Gasteiger partial charge is 0.497 e. The van der Waals surface area contributed by atoms with Crippen molar-refractivity contribution in [1.29, 1.82) is 0 Å². The number of aryl methyl sites for hydroxylation is 1. The van der Waals surface area contributed by atoms with Crippen LogP contribution in [0.1, 0.15) is 22.6 Å². The molecular formula is C17H21N3O4S. The van der Waals surface area contributed by atoms with E-state index in [0.717, 1.165) is 11.4 Å². The zero-order chi connectivity index (χ0) is 18.2. The quantitative estimate of drug-likeness (QED) is 0.821. The summed E-state index contributed by atoms with van der Waals surface area (Å²) in [5, 5.41) is 4.40. The van der Waals surface area contributed by atoms with E-state index in [1.54, 1.807) is 24.9 Å². The van der Waals surface area contributed by atoms with Crippen molar-refractivity contribution in [1.82, 2.24) is 14.7 Å². The van der Waals surface area contributed by atoms with Gasteiger partial charge in [0, 0.05) is 24.8 Å². The zero-order valence-electron chi connectivity index (χ0n) is 14.5. The Hall–Kier alpha value is -2.35. The molecule has 1 aliphatic heterocycles. The minimum absolute atomic E-state index is 0.0187. The average molecular weight is 363 g/mol. The van der Waals surface area contributed by atoms with Crippen LogP contribution >= 0.6 is 0 Å². The van der Waals surface area contributed by atoms with Gasteiger partial charge in [-0.05, 0) is 31.5 Å². The van der Waals surface area contributed by atoms with Crippen molar-refractivity contribution in [2.24, 2.45) is 0 Å². The lowest BCUT2D eigenvalue weighted by Crippen LogP contribution is -2.38. The fourth-order valence-corrected chi connectivity index (χ4v) is 4.78. The summed E-state index contributed by atoms with van der Waals surface area (Å²) in [5.41, 5.74) is 1.90. The highest BCUT2D eigenvalue weighted by molar-refractivity contribution is 7.91. The van der Waals surface area contributed by atoms with Gasteiger partial charge in [-0.25, -0.2) is 13.1 Å². The fraction of sp³-hybridized carbons (Fsp3) is 0.412. The maximum absolute atomic E-state index is 12.7. The Labute approximate surface area is 147 Å². The second-order valence-corrected chi connectivity index (χ2v) is 8.49. The number of rotatable bonds is 4. The van der Waals surface area contributed by atoms with E-state index in [2.05, 4.69) is 5.10 Å².